The van der Waals surface area contributed by atoms with Crippen LogP contribution < -0.4 is 0 Å². The van der Waals surface area contributed by atoms with Crippen molar-refractivity contribution in [1.29, 1.82) is 0 Å². The fraction of sp³-hybridized carbons (Fsp3) is 0.857. The number of hydrogen-bond donors (Lipinski definition) is 2. The van der Waals surface area contributed by atoms with Gasteiger partial charge in [0, 0.05) is 19.7 Å². The molecule has 0 aromatic carbocycles. The van der Waals surface area contributed by atoms with Crippen molar-refractivity contribution < 1.29 is 29.3 Å². The number of ether oxygens (including phenoxy) is 2. The molecule has 7 heteroatoms. The van der Waals surface area contributed by atoms with E-state index in [1.807, 2.05) is 0 Å². The van der Waals surface area contributed by atoms with E-state index in [0.29, 0.717) is 19.4 Å². The van der Waals surface area contributed by atoms with Gasteiger partial charge < -0.3 is 24.6 Å². The SMILES string of the molecule is CC(C)(C)OC(=O)N1CCC(CCOCCO)(C(=O)O)C1. The van der Waals surface area contributed by atoms with Crippen LogP contribution in [0, 0.1) is 5.41 Å². The van der Waals surface area contributed by atoms with Crippen LogP contribution in [0.15, 0.2) is 0 Å². The van der Waals surface area contributed by atoms with Gasteiger partial charge in [-0.15, -0.1) is 0 Å². The van der Waals surface area contributed by atoms with E-state index < -0.39 is 23.1 Å². The average molecular weight is 303 g/mol. The zero-order valence-electron chi connectivity index (χ0n) is 12.9. The molecular weight excluding hydrogens is 278 g/mol. The Kier molecular flexibility index (Phi) is 5.98. The van der Waals surface area contributed by atoms with Crippen molar-refractivity contribution in [2.75, 3.05) is 32.9 Å². The molecule has 1 unspecified atom stereocenters. The third kappa shape index (κ3) is 5.17. The minimum atomic E-state index is -0.994. The van der Waals surface area contributed by atoms with Crippen molar-refractivity contribution in [2.45, 2.75) is 39.2 Å². The molecule has 1 saturated heterocycles. The molecule has 1 aliphatic rings. The summed E-state index contributed by atoms with van der Waals surface area (Å²) >= 11 is 0. The number of aliphatic carboxylic acids is 1. The molecule has 1 amide bonds. The zero-order valence-corrected chi connectivity index (χ0v) is 12.9. The van der Waals surface area contributed by atoms with Crippen LogP contribution in [0.4, 0.5) is 4.79 Å². The summed E-state index contributed by atoms with van der Waals surface area (Å²) in [6.07, 6.45) is 0.202. The number of hydrogen-bond acceptors (Lipinski definition) is 5. The number of carbonyl (C=O) groups excluding carboxylic acids is 1. The summed E-state index contributed by atoms with van der Waals surface area (Å²) in [7, 11) is 0. The van der Waals surface area contributed by atoms with Crippen LogP contribution in [-0.2, 0) is 14.3 Å². The smallest absolute Gasteiger partial charge is 0.410 e. The molecular formula is C14H25NO6. The molecule has 0 aromatic heterocycles. The maximum atomic E-state index is 12.0. The Balaban J connectivity index is 2.60. The topological polar surface area (TPSA) is 96.3 Å². The van der Waals surface area contributed by atoms with Crippen molar-refractivity contribution in [1.82, 2.24) is 4.90 Å². The number of carbonyl (C=O) groups is 2. The number of carboxylic acids is 1. The maximum Gasteiger partial charge on any atom is 0.410 e. The number of carboxylic acid groups (broad SMARTS) is 1. The summed E-state index contributed by atoms with van der Waals surface area (Å²) in [6, 6.07) is 0. The van der Waals surface area contributed by atoms with E-state index in [4.69, 9.17) is 14.6 Å². The van der Waals surface area contributed by atoms with Gasteiger partial charge in [-0.3, -0.25) is 4.79 Å². The van der Waals surface area contributed by atoms with Gasteiger partial charge in [0.1, 0.15) is 5.60 Å². The second-order valence-electron chi connectivity index (χ2n) is 6.32. The van der Waals surface area contributed by atoms with Crippen molar-refractivity contribution in [3.63, 3.8) is 0 Å². The molecule has 0 spiro atoms. The molecule has 1 atom stereocenters. The molecule has 0 aliphatic carbocycles. The Morgan fingerprint density at radius 1 is 1.29 bits per heavy atom. The second-order valence-corrected chi connectivity index (χ2v) is 6.32. The highest BCUT2D eigenvalue weighted by atomic mass is 16.6. The van der Waals surface area contributed by atoms with E-state index in [-0.39, 0.29) is 26.4 Å². The Hall–Kier alpha value is -1.34. The lowest BCUT2D eigenvalue weighted by molar-refractivity contribution is -0.149. The van der Waals surface area contributed by atoms with Crippen LogP contribution >= 0.6 is 0 Å². The summed E-state index contributed by atoms with van der Waals surface area (Å²) in [6.45, 7) is 6.14. The lowest BCUT2D eigenvalue weighted by Gasteiger charge is -2.27. The molecule has 1 heterocycles. The summed E-state index contributed by atoms with van der Waals surface area (Å²) in [4.78, 5) is 25.0. The van der Waals surface area contributed by atoms with Gasteiger partial charge in [0.05, 0.1) is 18.6 Å². The van der Waals surface area contributed by atoms with E-state index in [1.54, 1.807) is 20.8 Å². The predicted octanol–water partition coefficient (Wildman–Crippen LogP) is 1.10. The van der Waals surface area contributed by atoms with Crippen LogP contribution in [0.3, 0.4) is 0 Å². The highest BCUT2D eigenvalue weighted by molar-refractivity contribution is 5.78. The zero-order chi connectivity index (χ0) is 16.1. The normalized spacial score (nSPS) is 22.4. The Labute approximate surface area is 124 Å². The van der Waals surface area contributed by atoms with Gasteiger partial charge in [0.25, 0.3) is 0 Å². The van der Waals surface area contributed by atoms with E-state index in [2.05, 4.69) is 0 Å². The van der Waals surface area contributed by atoms with Gasteiger partial charge in [0.2, 0.25) is 0 Å². The largest absolute Gasteiger partial charge is 0.481 e. The van der Waals surface area contributed by atoms with E-state index in [9.17, 15) is 14.7 Å². The number of aliphatic hydroxyl groups is 1. The van der Waals surface area contributed by atoms with Crippen LogP contribution in [0.2, 0.25) is 0 Å². The Morgan fingerprint density at radius 2 is 1.95 bits per heavy atom. The molecule has 7 nitrogen and oxygen atoms in total. The number of nitrogens with zero attached hydrogens (tertiary/aromatic N) is 1. The summed E-state index contributed by atoms with van der Waals surface area (Å²) in [5.41, 5.74) is -1.60. The van der Waals surface area contributed by atoms with Crippen molar-refractivity contribution in [3.05, 3.63) is 0 Å². The van der Waals surface area contributed by atoms with Gasteiger partial charge in [-0.25, -0.2) is 4.79 Å². The molecule has 0 aromatic rings. The first-order valence-corrected chi connectivity index (χ1v) is 7.10. The lowest BCUT2D eigenvalue weighted by Crippen LogP contribution is -2.40. The Morgan fingerprint density at radius 3 is 2.48 bits per heavy atom. The first kappa shape index (κ1) is 17.7. The summed E-state index contributed by atoms with van der Waals surface area (Å²) in [5.74, 6) is -0.929. The Bertz CT molecular complexity index is 378. The van der Waals surface area contributed by atoms with Crippen LogP contribution in [0.25, 0.3) is 0 Å². The molecule has 2 N–H and O–H groups in total. The van der Waals surface area contributed by atoms with Crippen LogP contribution in [-0.4, -0.2) is 65.7 Å². The third-order valence-corrected chi connectivity index (χ3v) is 3.42. The highest BCUT2D eigenvalue weighted by Gasteiger charge is 2.46. The molecule has 0 radical (unpaired) electrons. The molecule has 0 bridgehead atoms. The first-order valence-electron chi connectivity index (χ1n) is 7.10. The van der Waals surface area contributed by atoms with E-state index in [0.717, 1.165) is 0 Å². The van der Waals surface area contributed by atoms with Gasteiger partial charge in [-0.05, 0) is 33.6 Å². The maximum absolute atomic E-state index is 12.0. The summed E-state index contributed by atoms with van der Waals surface area (Å²) < 4.78 is 10.4. The predicted molar refractivity (Wildman–Crippen MR) is 75.0 cm³/mol. The van der Waals surface area contributed by atoms with Crippen molar-refractivity contribution in [3.8, 4) is 0 Å². The average Bonchev–Trinajstić information content (AvgIpc) is 2.78. The standard InChI is InChI=1S/C14H25NO6/c1-13(2,3)21-12(19)15-6-4-14(10-15,11(17)18)5-8-20-9-7-16/h16H,4-10H2,1-3H3,(H,17,18). The quantitative estimate of drug-likeness (QED) is 0.713. The molecule has 1 fully saturated rings. The minimum absolute atomic E-state index is 0.0931. The van der Waals surface area contributed by atoms with Gasteiger partial charge in [0.15, 0.2) is 0 Å². The molecule has 1 aliphatic heterocycles. The number of likely N-dealkylation sites (tertiary alicyclic amines) is 1. The number of aliphatic hydroxyl groups excluding tert-OH is 1. The minimum Gasteiger partial charge on any atom is -0.481 e. The molecule has 0 saturated carbocycles. The van der Waals surface area contributed by atoms with Crippen LogP contribution in [0.5, 0.6) is 0 Å². The van der Waals surface area contributed by atoms with Gasteiger partial charge in [-0.1, -0.05) is 0 Å². The molecule has 1 rings (SSSR count). The summed E-state index contributed by atoms with van der Waals surface area (Å²) in [5, 5.41) is 18.1. The molecule has 21 heavy (non-hydrogen) atoms. The highest BCUT2D eigenvalue weighted by Crippen LogP contribution is 2.35. The van der Waals surface area contributed by atoms with Crippen molar-refractivity contribution >= 4 is 12.1 Å². The molecule has 122 valence electrons. The fourth-order valence-corrected chi connectivity index (χ4v) is 2.27. The number of rotatable bonds is 6. The second kappa shape index (κ2) is 7.09. The van der Waals surface area contributed by atoms with E-state index >= 15 is 0 Å². The van der Waals surface area contributed by atoms with Crippen LogP contribution in [0.1, 0.15) is 33.6 Å². The van der Waals surface area contributed by atoms with Gasteiger partial charge in [-0.2, -0.15) is 0 Å². The monoisotopic (exact) mass is 303 g/mol. The van der Waals surface area contributed by atoms with Gasteiger partial charge >= 0.3 is 12.1 Å². The fourth-order valence-electron chi connectivity index (χ4n) is 2.27. The number of amides is 1. The van der Waals surface area contributed by atoms with Crippen molar-refractivity contribution in [2.24, 2.45) is 5.41 Å². The lowest BCUT2D eigenvalue weighted by atomic mass is 9.84. The van der Waals surface area contributed by atoms with E-state index in [1.165, 1.54) is 4.90 Å². The third-order valence-electron chi connectivity index (χ3n) is 3.42. The first-order chi connectivity index (χ1) is 9.70.